The molecule has 0 spiro atoms. The van der Waals surface area contributed by atoms with Crippen molar-refractivity contribution in [3.63, 3.8) is 0 Å². The van der Waals surface area contributed by atoms with E-state index >= 15 is 0 Å². The summed E-state index contributed by atoms with van der Waals surface area (Å²) >= 11 is 0. The quantitative estimate of drug-likeness (QED) is 0.187. The second-order valence-corrected chi connectivity index (χ2v) is 15.6. The molecule has 3 N–H and O–H groups in total. The van der Waals surface area contributed by atoms with Gasteiger partial charge in [-0.3, -0.25) is 0 Å². The molecule has 1 fully saturated rings. The summed E-state index contributed by atoms with van der Waals surface area (Å²) in [4.78, 5) is 13.4. The molecule has 11 nitrogen and oxygen atoms in total. The van der Waals surface area contributed by atoms with Crippen molar-refractivity contribution in [2.75, 3.05) is 35.0 Å². The molecule has 0 aliphatic carbocycles. The van der Waals surface area contributed by atoms with Gasteiger partial charge in [0.15, 0.2) is 0 Å². The molecule has 1 saturated heterocycles. The van der Waals surface area contributed by atoms with Gasteiger partial charge in [-0.15, -0.1) is 0 Å². The van der Waals surface area contributed by atoms with Crippen molar-refractivity contribution in [2.45, 2.75) is 160 Å². The highest BCUT2D eigenvalue weighted by Gasteiger charge is 2.41. The lowest BCUT2D eigenvalue weighted by atomic mass is 9.78. The molecule has 300 valence electrons. The van der Waals surface area contributed by atoms with Gasteiger partial charge in [0.1, 0.15) is 6.10 Å². The molecule has 0 aromatic heterocycles. The average Bonchev–Trinajstić information content (AvgIpc) is 3.13. The van der Waals surface area contributed by atoms with E-state index in [9.17, 15) is 20.1 Å². The molecule has 11 heteroatoms. The number of carbonyl (C=O) groups is 1. The SMILES string of the molecule is CO[C@H]1C[C@H](CC[C@H](C)[C@H](O)[C@H](C)[C@H]2OC(=O)/C=C/C(C)=C/C[C@H](O)C[C@@H]3C=CC[C@@H](C[C@H](OC)[C@@H](CO)[C@@H](OC)C[C@@H](OC)[C@@H]2C)O3)O[C@@H](C)C1. The number of methoxy groups -OCH3 is 4. The van der Waals surface area contributed by atoms with Crippen LogP contribution < -0.4 is 0 Å². The van der Waals surface area contributed by atoms with Crippen molar-refractivity contribution in [3.8, 4) is 0 Å². The van der Waals surface area contributed by atoms with E-state index in [0.717, 1.165) is 31.3 Å². The number of allylic oxidation sites excluding steroid dienone is 2. The largest absolute Gasteiger partial charge is 0.458 e. The minimum Gasteiger partial charge on any atom is -0.458 e. The van der Waals surface area contributed by atoms with Gasteiger partial charge in [0.2, 0.25) is 0 Å². The second kappa shape index (κ2) is 22.6. The first-order valence-electron chi connectivity index (χ1n) is 19.4. The number of cyclic esters (lactones) is 1. The Bertz CT molecular complexity index is 1130. The first kappa shape index (κ1) is 44.7. The summed E-state index contributed by atoms with van der Waals surface area (Å²) in [7, 11) is 6.62. The van der Waals surface area contributed by atoms with E-state index in [2.05, 4.69) is 13.0 Å². The van der Waals surface area contributed by atoms with Gasteiger partial charge in [0, 0.05) is 71.5 Å². The van der Waals surface area contributed by atoms with Crippen LogP contribution in [0.3, 0.4) is 0 Å². The summed E-state index contributed by atoms with van der Waals surface area (Å²) in [6.45, 7) is 9.70. The van der Waals surface area contributed by atoms with Gasteiger partial charge in [0.05, 0.1) is 67.6 Å². The molecule has 0 aromatic carbocycles. The van der Waals surface area contributed by atoms with Gasteiger partial charge in [0.25, 0.3) is 0 Å². The van der Waals surface area contributed by atoms with Gasteiger partial charge in [-0.25, -0.2) is 4.79 Å². The Kier molecular flexibility index (Phi) is 19.5. The van der Waals surface area contributed by atoms with Crippen LogP contribution in [0.15, 0.2) is 36.0 Å². The summed E-state index contributed by atoms with van der Waals surface area (Å²) in [6.07, 6.45) is 11.3. The van der Waals surface area contributed by atoms with Crippen LogP contribution in [-0.2, 0) is 38.0 Å². The summed E-state index contributed by atoms with van der Waals surface area (Å²) in [6, 6.07) is 0. The molecule has 3 aliphatic rings. The van der Waals surface area contributed by atoms with Crippen LogP contribution in [-0.4, -0.2) is 123 Å². The number of aliphatic hydroxyl groups is 3. The van der Waals surface area contributed by atoms with Crippen LogP contribution in [0.1, 0.15) is 92.4 Å². The van der Waals surface area contributed by atoms with Crippen molar-refractivity contribution in [1.82, 2.24) is 0 Å². The van der Waals surface area contributed by atoms with Gasteiger partial charge in [-0.1, -0.05) is 50.6 Å². The minimum atomic E-state index is -0.774. The average molecular weight is 739 g/mol. The summed E-state index contributed by atoms with van der Waals surface area (Å²) in [5, 5.41) is 33.3. The van der Waals surface area contributed by atoms with Crippen molar-refractivity contribution in [1.29, 1.82) is 0 Å². The maximum atomic E-state index is 13.4. The van der Waals surface area contributed by atoms with E-state index in [-0.39, 0.29) is 55.1 Å². The van der Waals surface area contributed by atoms with E-state index in [1.807, 2.05) is 39.8 Å². The van der Waals surface area contributed by atoms with Crippen LogP contribution in [0, 0.1) is 23.7 Å². The fraction of sp³-hybridized carbons (Fsp3) is 0.829. The topological polar surface area (TPSA) is 142 Å². The standard InChI is InChI=1S/C41H70O11/c1-25-13-16-30(43)20-31-11-10-12-32(51-31)22-37(48-8)35(24-42)38(49-9)23-36(47-7)28(4)41(52-39(44)18-14-25)29(5)40(45)26(2)15-17-33-21-34(46-6)19-27(3)50-33/h10-11,13-14,18,26-38,40-43,45H,12,15-17,19-24H2,1-9H3/b18-14+,25-13+/t26-,27-,28-,29-,30-,31-,32-,33-,34+,35+,36+,37-,38-,40-,41-/m0/s1. The zero-order chi connectivity index (χ0) is 38.4. The highest BCUT2D eigenvalue weighted by Crippen LogP contribution is 2.34. The van der Waals surface area contributed by atoms with E-state index in [0.29, 0.717) is 32.1 Å². The summed E-state index contributed by atoms with van der Waals surface area (Å²) in [5.41, 5.74) is 0.820. The first-order valence-corrected chi connectivity index (χ1v) is 19.4. The molecule has 0 amide bonds. The molecule has 0 aromatic rings. The van der Waals surface area contributed by atoms with Gasteiger partial charge < -0.3 is 48.5 Å². The highest BCUT2D eigenvalue weighted by atomic mass is 16.6. The third-order valence-corrected chi connectivity index (χ3v) is 11.7. The lowest BCUT2D eigenvalue weighted by Crippen LogP contribution is -2.47. The van der Waals surface area contributed by atoms with Crippen molar-refractivity contribution >= 4 is 5.97 Å². The molecular formula is C41H70O11. The lowest BCUT2D eigenvalue weighted by Gasteiger charge is -2.40. The Morgan fingerprint density at radius 2 is 1.58 bits per heavy atom. The number of esters is 1. The van der Waals surface area contributed by atoms with Gasteiger partial charge >= 0.3 is 5.97 Å². The molecule has 3 aliphatic heterocycles. The highest BCUT2D eigenvalue weighted by molar-refractivity contribution is 5.82. The van der Waals surface area contributed by atoms with Crippen LogP contribution >= 0.6 is 0 Å². The monoisotopic (exact) mass is 738 g/mol. The number of hydrogen-bond donors (Lipinski definition) is 3. The number of hydrogen-bond acceptors (Lipinski definition) is 11. The van der Waals surface area contributed by atoms with Crippen LogP contribution in [0.2, 0.25) is 0 Å². The second-order valence-electron chi connectivity index (χ2n) is 15.6. The smallest absolute Gasteiger partial charge is 0.331 e. The van der Waals surface area contributed by atoms with Crippen LogP contribution in [0.25, 0.3) is 0 Å². The van der Waals surface area contributed by atoms with Gasteiger partial charge in [-0.05, 0) is 58.3 Å². The van der Waals surface area contributed by atoms with Crippen LogP contribution in [0.4, 0.5) is 0 Å². The number of ether oxygens (including phenoxy) is 7. The Balaban J connectivity index is 1.89. The molecule has 0 radical (unpaired) electrons. The molecule has 52 heavy (non-hydrogen) atoms. The summed E-state index contributed by atoms with van der Waals surface area (Å²) < 4.78 is 42.5. The maximum Gasteiger partial charge on any atom is 0.331 e. The Hall–Kier alpha value is -1.67. The van der Waals surface area contributed by atoms with Gasteiger partial charge in [-0.2, -0.15) is 0 Å². The number of rotatable bonds is 11. The molecule has 15 atom stereocenters. The van der Waals surface area contributed by atoms with E-state index in [1.54, 1.807) is 34.5 Å². The first-order chi connectivity index (χ1) is 24.8. The predicted octanol–water partition coefficient (Wildman–Crippen LogP) is 5.33. The zero-order valence-corrected chi connectivity index (χ0v) is 33.2. The van der Waals surface area contributed by atoms with E-state index < -0.39 is 48.3 Å². The van der Waals surface area contributed by atoms with Crippen molar-refractivity contribution in [3.05, 3.63) is 36.0 Å². The van der Waals surface area contributed by atoms with Crippen molar-refractivity contribution < 1.29 is 53.3 Å². The molecule has 0 unspecified atom stereocenters. The fourth-order valence-electron chi connectivity index (χ4n) is 8.34. The third-order valence-electron chi connectivity index (χ3n) is 11.7. The summed E-state index contributed by atoms with van der Waals surface area (Å²) in [5.74, 6) is -1.81. The Labute approximate surface area is 313 Å². The number of aliphatic hydroxyl groups excluding tert-OH is 3. The fourth-order valence-corrected chi connectivity index (χ4v) is 8.34. The predicted molar refractivity (Wildman–Crippen MR) is 200 cm³/mol. The molecule has 0 saturated carbocycles. The Morgan fingerprint density at radius 1 is 0.885 bits per heavy atom. The number of fused-ring (bicyclic) bond motifs is 2. The number of carbonyl (C=O) groups excluding carboxylic acids is 1. The van der Waals surface area contributed by atoms with E-state index in [4.69, 9.17) is 33.2 Å². The zero-order valence-electron chi connectivity index (χ0n) is 33.2. The third kappa shape index (κ3) is 13.6. The lowest BCUT2D eigenvalue weighted by molar-refractivity contribution is -0.159. The Morgan fingerprint density at radius 3 is 2.23 bits per heavy atom. The van der Waals surface area contributed by atoms with Crippen molar-refractivity contribution in [2.24, 2.45) is 23.7 Å². The normalized spacial score (nSPS) is 39.4. The van der Waals surface area contributed by atoms with Crippen LogP contribution in [0.5, 0.6) is 0 Å². The molecule has 2 bridgehead atoms. The molecule has 3 rings (SSSR count). The molecule has 3 heterocycles. The van der Waals surface area contributed by atoms with E-state index in [1.165, 1.54) is 6.08 Å². The maximum absolute atomic E-state index is 13.4. The molecular weight excluding hydrogens is 668 g/mol. The minimum absolute atomic E-state index is 0.0598.